The van der Waals surface area contributed by atoms with E-state index < -0.39 is 23.7 Å². The van der Waals surface area contributed by atoms with Crippen molar-refractivity contribution < 1.29 is 19.4 Å². The first-order valence-corrected chi connectivity index (χ1v) is 4.36. The number of hydrogen-bond acceptors (Lipinski definition) is 3. The van der Waals surface area contributed by atoms with Gasteiger partial charge in [0.25, 0.3) is 0 Å². The molecule has 1 atom stereocenters. The van der Waals surface area contributed by atoms with E-state index in [1.165, 1.54) is 14.0 Å². The molecule has 0 aliphatic heterocycles. The lowest BCUT2D eigenvalue weighted by molar-refractivity contribution is -0.141. The van der Waals surface area contributed by atoms with E-state index in [4.69, 9.17) is 9.84 Å². The van der Waals surface area contributed by atoms with E-state index in [2.05, 4.69) is 0 Å². The Morgan fingerprint density at radius 2 is 1.79 bits per heavy atom. The Hall–Kier alpha value is -1.26. The van der Waals surface area contributed by atoms with Gasteiger partial charge in [0.15, 0.2) is 6.04 Å². The molecule has 0 fully saturated rings. The molecule has 2 N–H and O–H groups in total. The molecule has 0 unspecified atom stereocenters. The zero-order valence-electron chi connectivity index (χ0n) is 9.25. The number of hydrogen-bond donors (Lipinski definition) is 0. The lowest BCUT2D eigenvalue weighted by Gasteiger charge is -2.25. The second-order valence-electron chi connectivity index (χ2n) is 4.13. The van der Waals surface area contributed by atoms with Gasteiger partial charge in [-0.1, -0.05) is 0 Å². The number of amides is 1. The van der Waals surface area contributed by atoms with Crippen LogP contribution in [0.25, 0.3) is 0 Å². The Morgan fingerprint density at radius 3 is 2.07 bits per heavy atom. The summed E-state index contributed by atoms with van der Waals surface area (Å²) in [5.41, 5.74) is -0.587. The predicted molar refractivity (Wildman–Crippen MR) is 52.1 cm³/mol. The molecular weight excluding hydrogens is 186 g/mol. The van der Waals surface area contributed by atoms with Gasteiger partial charge < -0.3 is 9.84 Å². The molecule has 5 heteroatoms. The van der Waals surface area contributed by atoms with Crippen LogP contribution in [-0.4, -0.2) is 40.8 Å². The lowest BCUT2D eigenvalue weighted by Crippen LogP contribution is -2.43. The Bertz CT molecular complexity index is 231. The maximum absolute atomic E-state index is 11.4. The average Bonchev–Trinajstić information content (AvgIpc) is 1.98. The number of likely N-dealkylation sites (N-methyl/N-ethyl adjacent to an activating group) is 1. The zero-order valence-corrected chi connectivity index (χ0v) is 9.25. The van der Waals surface area contributed by atoms with Gasteiger partial charge in [-0.25, -0.2) is 4.79 Å². The molecule has 0 heterocycles. The third kappa shape index (κ3) is 4.11. The monoisotopic (exact) mass is 204 g/mol. The van der Waals surface area contributed by atoms with E-state index >= 15 is 0 Å². The molecule has 0 aromatic carbocycles. The summed E-state index contributed by atoms with van der Waals surface area (Å²) < 4.78 is 5.02. The van der Waals surface area contributed by atoms with Gasteiger partial charge in [-0.05, 0) is 27.7 Å². The second kappa shape index (κ2) is 4.30. The summed E-state index contributed by atoms with van der Waals surface area (Å²) >= 11 is 0. The Balaban J connectivity index is 4.33. The molecule has 0 bridgehead atoms. The lowest BCUT2D eigenvalue weighted by atomic mass is 10.2. The van der Waals surface area contributed by atoms with Crippen LogP contribution >= 0.6 is 0 Å². The maximum Gasteiger partial charge on any atom is 0.538 e. The molecule has 0 aliphatic carbocycles. The third-order valence-electron chi connectivity index (χ3n) is 1.64. The largest absolute Gasteiger partial charge is 0.563 e. The summed E-state index contributed by atoms with van der Waals surface area (Å²) in [6, 6.07) is -0.773. The molecule has 82 valence electrons. The summed E-state index contributed by atoms with van der Waals surface area (Å²) in [5, 5.41) is 6.85. The predicted octanol–water partition coefficient (Wildman–Crippen LogP) is 0.493. The van der Waals surface area contributed by atoms with Crippen LogP contribution in [0, 0.1) is 0 Å². The van der Waals surface area contributed by atoms with E-state index in [1.54, 1.807) is 20.8 Å². The molecule has 0 radical (unpaired) electrons. The topological polar surface area (TPSA) is 69.5 Å². The molecule has 5 nitrogen and oxygen atoms in total. The van der Waals surface area contributed by atoms with Crippen LogP contribution in [0.5, 0.6) is 0 Å². The highest BCUT2D eigenvalue weighted by Gasteiger charge is 2.30. The highest BCUT2D eigenvalue weighted by atomic mass is 16.6. The Kier molecular flexibility index (Phi) is 3.92. The van der Waals surface area contributed by atoms with E-state index in [-0.39, 0.29) is 0 Å². The fraction of sp³-hybridized carbons (Fsp3) is 0.778. The van der Waals surface area contributed by atoms with Gasteiger partial charge in [0, 0.05) is 11.8 Å². The van der Waals surface area contributed by atoms with Crippen molar-refractivity contribution in [1.29, 1.82) is 0 Å². The number of carbonyl (C=O) groups is 2. The summed E-state index contributed by atoms with van der Waals surface area (Å²) in [7, 11) is 1.44. The zero-order chi connectivity index (χ0) is 11.5. The normalized spacial score (nSPS) is 13.2. The van der Waals surface area contributed by atoms with Crippen LogP contribution < -0.4 is 0 Å². The average molecular weight is 204 g/mol. The molecule has 0 spiro atoms. The van der Waals surface area contributed by atoms with Crippen molar-refractivity contribution in [3.8, 4) is 0 Å². The second-order valence-corrected chi connectivity index (χ2v) is 4.13. The molecule has 0 rings (SSSR count). The van der Waals surface area contributed by atoms with Gasteiger partial charge in [0.1, 0.15) is 5.60 Å². The van der Waals surface area contributed by atoms with E-state index in [9.17, 15) is 9.59 Å². The molecule has 0 saturated heterocycles. The summed E-state index contributed by atoms with van der Waals surface area (Å²) in [6.07, 6.45) is -0.592. The van der Waals surface area contributed by atoms with Crippen molar-refractivity contribution in [3.05, 3.63) is 0 Å². The maximum atomic E-state index is 11.4. The van der Waals surface area contributed by atoms with Gasteiger partial charge in [0.05, 0.1) is 0 Å². The molecule has 0 saturated carbocycles. The minimum absolute atomic E-state index is 0.587. The number of rotatable bonds is 2. The van der Waals surface area contributed by atoms with Crippen molar-refractivity contribution >= 4 is 12.1 Å². The fourth-order valence-electron chi connectivity index (χ4n) is 0.668. The van der Waals surface area contributed by atoms with E-state index in [1.807, 2.05) is 0 Å². The van der Waals surface area contributed by atoms with Crippen molar-refractivity contribution in [1.82, 2.24) is 4.90 Å². The highest BCUT2D eigenvalue weighted by molar-refractivity contribution is 5.79. The van der Waals surface area contributed by atoms with Crippen molar-refractivity contribution in [2.45, 2.75) is 39.3 Å². The van der Waals surface area contributed by atoms with E-state index in [0.29, 0.717) is 0 Å². The summed E-state index contributed by atoms with van der Waals surface area (Å²) in [4.78, 5) is 23.2. The first kappa shape index (κ1) is 12.7. The quantitative estimate of drug-likeness (QED) is 0.615. The van der Waals surface area contributed by atoms with Crippen molar-refractivity contribution in [2.75, 3.05) is 7.05 Å². The minimum atomic E-state index is -0.807. The van der Waals surface area contributed by atoms with Gasteiger partial charge in [-0.15, -0.1) is 0 Å². The van der Waals surface area contributed by atoms with Crippen LogP contribution in [0.15, 0.2) is 0 Å². The van der Waals surface area contributed by atoms with Crippen LogP contribution in [0.2, 0.25) is 0 Å². The van der Waals surface area contributed by atoms with Gasteiger partial charge in [-0.2, -0.15) is 0 Å². The Morgan fingerprint density at radius 1 is 1.36 bits per heavy atom. The molecular formula is C9H18NO4+. The highest BCUT2D eigenvalue weighted by Crippen LogP contribution is 2.10. The summed E-state index contributed by atoms with van der Waals surface area (Å²) in [5.74, 6) is -0.807. The fourth-order valence-corrected chi connectivity index (χ4v) is 0.668. The van der Waals surface area contributed by atoms with Crippen molar-refractivity contribution in [3.63, 3.8) is 0 Å². The molecule has 1 amide bonds. The third-order valence-corrected chi connectivity index (χ3v) is 1.64. The standard InChI is InChI=1S/C9H17NO4/c1-6(7(11)12)10(5)8(13)14-9(2,3)4/h6H,1-5H3,(H,11,12)/p+1/t6-/m1/s1. The molecule has 0 aromatic heterocycles. The van der Waals surface area contributed by atoms with Crippen LogP contribution in [0.4, 0.5) is 4.79 Å². The molecule has 0 aliphatic rings. The smallest absolute Gasteiger partial charge is 0.538 e. The van der Waals surface area contributed by atoms with Crippen LogP contribution in [0.1, 0.15) is 27.7 Å². The SMILES string of the molecule is C[C@H](C(=O)[OH2+])N(C)C(=O)OC(C)(C)C. The van der Waals surface area contributed by atoms with Crippen LogP contribution in [-0.2, 0) is 9.53 Å². The first-order chi connectivity index (χ1) is 6.15. The van der Waals surface area contributed by atoms with Gasteiger partial charge >= 0.3 is 12.1 Å². The first-order valence-electron chi connectivity index (χ1n) is 4.36. The van der Waals surface area contributed by atoms with Gasteiger partial charge in [0.2, 0.25) is 0 Å². The summed E-state index contributed by atoms with van der Waals surface area (Å²) in [6.45, 7) is 6.71. The van der Waals surface area contributed by atoms with Crippen LogP contribution in [0.3, 0.4) is 0 Å². The minimum Gasteiger partial charge on any atom is -0.563 e. The van der Waals surface area contributed by atoms with Gasteiger partial charge in [-0.3, -0.25) is 4.90 Å². The van der Waals surface area contributed by atoms with E-state index in [0.717, 1.165) is 4.90 Å². The van der Waals surface area contributed by atoms with Crippen molar-refractivity contribution in [2.24, 2.45) is 0 Å². The number of carbonyl (C=O) groups excluding carboxylic acids is 2. The number of ether oxygens (including phenoxy) is 1. The molecule has 14 heavy (non-hydrogen) atoms. The number of nitrogens with zero attached hydrogens (tertiary/aromatic N) is 1. The Labute approximate surface area is 83.6 Å². The molecule has 0 aromatic rings.